The highest BCUT2D eigenvalue weighted by Gasteiger charge is 2.18. The molecule has 0 saturated heterocycles. The van der Waals surface area contributed by atoms with Crippen molar-refractivity contribution < 1.29 is 4.92 Å². The van der Waals surface area contributed by atoms with Gasteiger partial charge in [-0.05, 0) is 42.8 Å². The highest BCUT2D eigenvalue weighted by Crippen LogP contribution is 2.35. The van der Waals surface area contributed by atoms with Gasteiger partial charge >= 0.3 is 5.69 Å². The van der Waals surface area contributed by atoms with Crippen LogP contribution < -0.4 is 5.32 Å². The Labute approximate surface area is 135 Å². The molecule has 22 heavy (non-hydrogen) atoms. The van der Waals surface area contributed by atoms with Gasteiger partial charge in [-0.3, -0.25) is 10.1 Å². The summed E-state index contributed by atoms with van der Waals surface area (Å²) in [4.78, 5) is 15.1. The summed E-state index contributed by atoms with van der Waals surface area (Å²) >= 11 is 3.40. The number of aromatic nitrogens is 1. The van der Waals surface area contributed by atoms with Gasteiger partial charge in [0.15, 0.2) is 0 Å². The van der Waals surface area contributed by atoms with E-state index in [9.17, 15) is 10.1 Å². The number of pyridine rings is 1. The van der Waals surface area contributed by atoms with Crippen LogP contribution >= 0.6 is 15.9 Å². The number of hydrogen-bond acceptors (Lipinski definition) is 4. The fraction of sp³-hybridized carbons (Fsp3) is 0.0625. The normalized spacial score (nSPS) is 10.6. The van der Waals surface area contributed by atoms with Gasteiger partial charge in [-0.15, -0.1) is 0 Å². The number of hydrogen-bond donors (Lipinski definition) is 1. The van der Waals surface area contributed by atoms with E-state index < -0.39 is 4.92 Å². The topological polar surface area (TPSA) is 68.1 Å². The highest BCUT2D eigenvalue weighted by molar-refractivity contribution is 9.10. The number of anilines is 2. The second kappa shape index (κ2) is 5.73. The monoisotopic (exact) mass is 357 g/mol. The van der Waals surface area contributed by atoms with Crippen LogP contribution in [0.2, 0.25) is 0 Å². The van der Waals surface area contributed by atoms with Crippen LogP contribution in [0, 0.1) is 17.0 Å². The Morgan fingerprint density at radius 2 is 2.05 bits per heavy atom. The minimum absolute atomic E-state index is 0.0490. The van der Waals surface area contributed by atoms with Gasteiger partial charge < -0.3 is 5.32 Å². The Hall–Kier alpha value is -2.47. The summed E-state index contributed by atoms with van der Waals surface area (Å²) in [5, 5.41) is 15.2. The molecule has 0 amide bonds. The first-order valence-corrected chi connectivity index (χ1v) is 7.40. The van der Waals surface area contributed by atoms with Crippen molar-refractivity contribution in [3.8, 4) is 0 Å². The SMILES string of the molecule is Cc1cccc(Nc2c([N+](=O)[O-])cnc3ccc(Br)cc23)c1. The Kier molecular flexibility index (Phi) is 3.77. The first kappa shape index (κ1) is 14.5. The number of benzene rings is 2. The van der Waals surface area contributed by atoms with Gasteiger partial charge in [0, 0.05) is 15.5 Å². The molecule has 0 spiro atoms. The third-order valence-corrected chi connectivity index (χ3v) is 3.79. The van der Waals surface area contributed by atoms with Crippen molar-refractivity contribution >= 4 is 43.9 Å². The lowest BCUT2D eigenvalue weighted by Crippen LogP contribution is -1.99. The first-order chi connectivity index (χ1) is 10.5. The van der Waals surface area contributed by atoms with Crippen molar-refractivity contribution in [1.29, 1.82) is 0 Å². The van der Waals surface area contributed by atoms with Crippen molar-refractivity contribution in [2.75, 3.05) is 5.32 Å². The summed E-state index contributed by atoms with van der Waals surface area (Å²) in [6.07, 6.45) is 1.29. The summed E-state index contributed by atoms with van der Waals surface area (Å²) in [6.45, 7) is 1.97. The smallest absolute Gasteiger partial charge is 0.311 e. The molecule has 0 aliphatic rings. The third kappa shape index (κ3) is 2.78. The van der Waals surface area contributed by atoms with E-state index in [1.165, 1.54) is 6.20 Å². The van der Waals surface area contributed by atoms with Crippen molar-refractivity contribution in [2.24, 2.45) is 0 Å². The van der Waals surface area contributed by atoms with E-state index in [2.05, 4.69) is 26.2 Å². The van der Waals surface area contributed by atoms with E-state index in [1.807, 2.05) is 49.4 Å². The van der Waals surface area contributed by atoms with Crippen LogP contribution in [0.1, 0.15) is 5.56 Å². The van der Waals surface area contributed by atoms with Crippen LogP contribution in [0.4, 0.5) is 17.1 Å². The first-order valence-electron chi connectivity index (χ1n) is 6.61. The van der Waals surface area contributed by atoms with Gasteiger partial charge in [0.1, 0.15) is 11.9 Å². The van der Waals surface area contributed by atoms with E-state index in [0.717, 1.165) is 15.7 Å². The summed E-state index contributed by atoms with van der Waals surface area (Å²) in [7, 11) is 0. The van der Waals surface area contributed by atoms with Crippen LogP contribution in [0.5, 0.6) is 0 Å². The summed E-state index contributed by atoms with van der Waals surface area (Å²) in [6, 6.07) is 13.2. The van der Waals surface area contributed by atoms with E-state index in [0.29, 0.717) is 16.6 Å². The van der Waals surface area contributed by atoms with Crippen molar-refractivity contribution in [3.05, 3.63) is 68.8 Å². The molecule has 0 unspecified atom stereocenters. The van der Waals surface area contributed by atoms with Crippen molar-refractivity contribution in [1.82, 2.24) is 4.98 Å². The lowest BCUT2D eigenvalue weighted by atomic mass is 10.1. The number of nitrogens with zero attached hydrogens (tertiary/aromatic N) is 2. The predicted octanol–water partition coefficient (Wildman–Crippen LogP) is 4.96. The van der Waals surface area contributed by atoms with Gasteiger partial charge in [0.2, 0.25) is 0 Å². The summed E-state index contributed by atoms with van der Waals surface area (Å²) in [5.74, 6) is 0. The van der Waals surface area contributed by atoms with Gasteiger partial charge in [0.05, 0.1) is 10.4 Å². The molecule has 1 aromatic heterocycles. The van der Waals surface area contributed by atoms with Crippen molar-refractivity contribution in [2.45, 2.75) is 6.92 Å². The molecule has 5 nitrogen and oxygen atoms in total. The van der Waals surface area contributed by atoms with E-state index in [1.54, 1.807) is 0 Å². The maximum atomic E-state index is 11.3. The molecular formula is C16H12BrN3O2. The molecule has 6 heteroatoms. The zero-order valence-electron chi connectivity index (χ0n) is 11.7. The molecule has 0 radical (unpaired) electrons. The van der Waals surface area contributed by atoms with E-state index in [-0.39, 0.29) is 5.69 Å². The Morgan fingerprint density at radius 3 is 2.77 bits per heavy atom. The molecule has 1 heterocycles. The third-order valence-electron chi connectivity index (χ3n) is 3.29. The fourth-order valence-electron chi connectivity index (χ4n) is 2.29. The molecule has 0 atom stereocenters. The maximum absolute atomic E-state index is 11.3. The standard InChI is InChI=1S/C16H12BrN3O2/c1-10-3-2-4-12(7-10)19-16-13-8-11(17)5-6-14(13)18-9-15(16)20(21)22/h2-9H,1H3,(H,18,19). The number of fused-ring (bicyclic) bond motifs is 1. The van der Waals surface area contributed by atoms with Crippen molar-refractivity contribution in [3.63, 3.8) is 0 Å². The largest absolute Gasteiger partial charge is 0.349 e. The van der Waals surface area contributed by atoms with Gasteiger partial charge in [-0.1, -0.05) is 28.1 Å². The number of rotatable bonds is 3. The zero-order chi connectivity index (χ0) is 15.7. The number of nitrogens with one attached hydrogen (secondary N) is 1. The lowest BCUT2D eigenvalue weighted by Gasteiger charge is -2.11. The second-order valence-electron chi connectivity index (χ2n) is 4.93. The summed E-state index contributed by atoms with van der Waals surface area (Å²) < 4.78 is 0.842. The van der Waals surface area contributed by atoms with Crippen LogP contribution in [0.15, 0.2) is 53.1 Å². The predicted molar refractivity (Wildman–Crippen MR) is 90.6 cm³/mol. The van der Waals surface area contributed by atoms with Crippen LogP contribution in [-0.2, 0) is 0 Å². The van der Waals surface area contributed by atoms with Crippen LogP contribution in [0.25, 0.3) is 10.9 Å². The molecule has 110 valence electrons. The number of halogens is 1. The zero-order valence-corrected chi connectivity index (χ0v) is 13.3. The Bertz CT molecular complexity index is 880. The summed E-state index contributed by atoms with van der Waals surface area (Å²) in [5.41, 5.74) is 2.97. The highest BCUT2D eigenvalue weighted by atomic mass is 79.9. The molecule has 3 aromatic rings. The van der Waals surface area contributed by atoms with Gasteiger partial charge in [-0.2, -0.15) is 0 Å². The van der Waals surface area contributed by atoms with E-state index in [4.69, 9.17) is 0 Å². The fourth-order valence-corrected chi connectivity index (χ4v) is 2.65. The quantitative estimate of drug-likeness (QED) is 0.531. The van der Waals surface area contributed by atoms with Crippen LogP contribution in [-0.4, -0.2) is 9.91 Å². The molecule has 3 rings (SSSR count). The minimum atomic E-state index is -0.425. The van der Waals surface area contributed by atoms with Gasteiger partial charge in [0.25, 0.3) is 0 Å². The molecule has 0 fully saturated rings. The average Bonchev–Trinajstić information content (AvgIpc) is 2.47. The molecule has 0 aliphatic carbocycles. The molecule has 1 N–H and O–H groups in total. The average molecular weight is 358 g/mol. The lowest BCUT2D eigenvalue weighted by molar-refractivity contribution is -0.384. The van der Waals surface area contributed by atoms with Crippen LogP contribution in [0.3, 0.4) is 0 Å². The van der Waals surface area contributed by atoms with Gasteiger partial charge in [-0.25, -0.2) is 4.98 Å². The molecule has 0 bridgehead atoms. The Morgan fingerprint density at radius 1 is 1.23 bits per heavy atom. The molecule has 2 aromatic carbocycles. The maximum Gasteiger partial charge on any atom is 0.311 e. The molecular weight excluding hydrogens is 346 g/mol. The molecule has 0 aliphatic heterocycles. The number of aryl methyl sites for hydroxylation is 1. The van der Waals surface area contributed by atoms with E-state index >= 15 is 0 Å². The molecule has 0 saturated carbocycles. The second-order valence-corrected chi connectivity index (χ2v) is 5.85. The number of nitro groups is 1. The minimum Gasteiger partial charge on any atom is -0.349 e. The Balaban J connectivity index is 2.22.